The molecular weight excluding hydrogens is 186 g/mol. The molecule has 0 amide bonds. The van der Waals surface area contributed by atoms with Crippen LogP contribution in [-0.4, -0.2) is 62.2 Å². The van der Waals surface area contributed by atoms with Gasteiger partial charge >= 0.3 is 0 Å². The maximum absolute atomic E-state index is 3.29. The summed E-state index contributed by atoms with van der Waals surface area (Å²) < 4.78 is 0. The average Bonchev–Trinajstić information content (AvgIpc) is 2.29. The molecule has 0 saturated carbocycles. The Balaban J connectivity index is 2.03. The largest absolute Gasteiger partial charge is 0.317 e. The van der Waals surface area contributed by atoms with Gasteiger partial charge in [0.25, 0.3) is 0 Å². The van der Waals surface area contributed by atoms with Crippen LogP contribution in [0.2, 0.25) is 0 Å². The summed E-state index contributed by atoms with van der Waals surface area (Å²) in [5.74, 6) is 0. The number of hydrogen-bond acceptors (Lipinski definition) is 3. The van der Waals surface area contributed by atoms with Crippen LogP contribution in [0.25, 0.3) is 0 Å². The molecule has 1 atom stereocenters. The maximum Gasteiger partial charge on any atom is 0.0110 e. The molecule has 0 bridgehead atoms. The molecule has 0 aromatic carbocycles. The summed E-state index contributed by atoms with van der Waals surface area (Å²) in [6.07, 6.45) is 2.62. The minimum Gasteiger partial charge on any atom is -0.317 e. The second-order valence-corrected chi connectivity index (χ2v) is 4.61. The van der Waals surface area contributed by atoms with E-state index in [0.717, 1.165) is 0 Å². The molecule has 1 aliphatic heterocycles. The zero-order valence-electron chi connectivity index (χ0n) is 10.6. The summed E-state index contributed by atoms with van der Waals surface area (Å²) in [5.41, 5.74) is 0. The molecule has 1 fully saturated rings. The SMILES string of the molecule is CCN1CCN(CCCC(C)NC)CC1. The Morgan fingerprint density at radius 2 is 1.73 bits per heavy atom. The fourth-order valence-corrected chi connectivity index (χ4v) is 2.09. The van der Waals surface area contributed by atoms with Crippen LogP contribution < -0.4 is 5.32 Å². The van der Waals surface area contributed by atoms with Crippen LogP contribution in [0.15, 0.2) is 0 Å². The summed E-state index contributed by atoms with van der Waals surface area (Å²) in [5, 5.41) is 3.29. The van der Waals surface area contributed by atoms with E-state index in [1.165, 1.54) is 52.1 Å². The lowest BCUT2D eigenvalue weighted by Crippen LogP contribution is -2.46. The van der Waals surface area contributed by atoms with Gasteiger partial charge in [0.15, 0.2) is 0 Å². The fraction of sp³-hybridized carbons (Fsp3) is 1.00. The van der Waals surface area contributed by atoms with E-state index in [9.17, 15) is 0 Å². The summed E-state index contributed by atoms with van der Waals surface area (Å²) in [6.45, 7) is 12.1. The molecule has 1 saturated heterocycles. The highest BCUT2D eigenvalue weighted by Crippen LogP contribution is 2.04. The van der Waals surface area contributed by atoms with Crippen molar-refractivity contribution < 1.29 is 0 Å². The minimum atomic E-state index is 0.668. The molecule has 3 heteroatoms. The summed E-state index contributed by atoms with van der Waals surface area (Å²) in [4.78, 5) is 5.14. The normalized spacial score (nSPS) is 21.8. The lowest BCUT2D eigenvalue weighted by atomic mass is 10.1. The van der Waals surface area contributed by atoms with Gasteiger partial charge in [0.05, 0.1) is 0 Å². The number of nitrogens with one attached hydrogen (secondary N) is 1. The van der Waals surface area contributed by atoms with Crippen LogP contribution in [-0.2, 0) is 0 Å². The first-order chi connectivity index (χ1) is 7.26. The van der Waals surface area contributed by atoms with Crippen LogP contribution in [0.4, 0.5) is 0 Å². The van der Waals surface area contributed by atoms with E-state index in [4.69, 9.17) is 0 Å². The van der Waals surface area contributed by atoms with Crippen molar-refractivity contribution in [1.82, 2.24) is 15.1 Å². The van der Waals surface area contributed by atoms with E-state index in [1.54, 1.807) is 0 Å². The van der Waals surface area contributed by atoms with E-state index in [1.807, 2.05) is 7.05 Å². The van der Waals surface area contributed by atoms with Gasteiger partial charge in [0.1, 0.15) is 0 Å². The number of rotatable bonds is 6. The van der Waals surface area contributed by atoms with Crippen LogP contribution in [0.5, 0.6) is 0 Å². The highest BCUT2D eigenvalue weighted by atomic mass is 15.3. The van der Waals surface area contributed by atoms with Crippen molar-refractivity contribution in [2.24, 2.45) is 0 Å². The molecule has 1 N–H and O–H groups in total. The van der Waals surface area contributed by atoms with Gasteiger partial charge in [-0.1, -0.05) is 6.92 Å². The average molecular weight is 213 g/mol. The third kappa shape index (κ3) is 4.96. The van der Waals surface area contributed by atoms with E-state index < -0.39 is 0 Å². The highest BCUT2D eigenvalue weighted by molar-refractivity contribution is 4.71. The predicted octanol–water partition coefficient (Wildman–Crippen LogP) is 1.01. The third-order valence-corrected chi connectivity index (χ3v) is 3.52. The van der Waals surface area contributed by atoms with Gasteiger partial charge in [-0.2, -0.15) is 0 Å². The summed E-state index contributed by atoms with van der Waals surface area (Å²) in [7, 11) is 2.05. The van der Waals surface area contributed by atoms with Crippen molar-refractivity contribution in [3.8, 4) is 0 Å². The van der Waals surface area contributed by atoms with Gasteiger partial charge in [-0.05, 0) is 39.9 Å². The Kier molecular flexibility index (Phi) is 6.22. The Hall–Kier alpha value is -0.120. The predicted molar refractivity (Wildman–Crippen MR) is 66.3 cm³/mol. The van der Waals surface area contributed by atoms with E-state index >= 15 is 0 Å². The van der Waals surface area contributed by atoms with Crippen LogP contribution in [0.3, 0.4) is 0 Å². The number of hydrogen-bond donors (Lipinski definition) is 1. The molecule has 1 heterocycles. The Bertz CT molecular complexity index is 153. The van der Waals surface area contributed by atoms with Crippen LogP contribution in [0.1, 0.15) is 26.7 Å². The first-order valence-electron chi connectivity index (χ1n) is 6.38. The molecule has 1 rings (SSSR count). The second-order valence-electron chi connectivity index (χ2n) is 4.61. The van der Waals surface area contributed by atoms with Gasteiger partial charge < -0.3 is 15.1 Å². The molecule has 90 valence electrons. The lowest BCUT2D eigenvalue weighted by molar-refractivity contribution is 0.135. The maximum atomic E-state index is 3.29. The zero-order valence-corrected chi connectivity index (χ0v) is 10.6. The van der Waals surface area contributed by atoms with Crippen molar-refractivity contribution >= 4 is 0 Å². The molecule has 0 aromatic rings. The molecule has 0 aliphatic carbocycles. The molecular formula is C12H27N3. The molecule has 1 unspecified atom stereocenters. The molecule has 0 radical (unpaired) electrons. The topological polar surface area (TPSA) is 18.5 Å². The Labute approximate surface area is 94.8 Å². The third-order valence-electron chi connectivity index (χ3n) is 3.52. The van der Waals surface area contributed by atoms with Gasteiger partial charge in [-0.25, -0.2) is 0 Å². The van der Waals surface area contributed by atoms with Crippen LogP contribution in [0, 0.1) is 0 Å². The molecule has 0 aromatic heterocycles. The van der Waals surface area contributed by atoms with Gasteiger partial charge in [0, 0.05) is 32.2 Å². The first-order valence-corrected chi connectivity index (χ1v) is 6.38. The molecule has 15 heavy (non-hydrogen) atoms. The molecule has 0 spiro atoms. The molecule has 3 nitrogen and oxygen atoms in total. The van der Waals surface area contributed by atoms with E-state index in [0.29, 0.717) is 6.04 Å². The van der Waals surface area contributed by atoms with Crippen molar-refractivity contribution in [3.05, 3.63) is 0 Å². The summed E-state index contributed by atoms with van der Waals surface area (Å²) in [6, 6.07) is 0.668. The van der Waals surface area contributed by atoms with E-state index in [2.05, 4.69) is 29.0 Å². The smallest absolute Gasteiger partial charge is 0.0110 e. The first kappa shape index (κ1) is 12.9. The number of piperazine rings is 1. The second kappa shape index (κ2) is 7.20. The summed E-state index contributed by atoms with van der Waals surface area (Å²) >= 11 is 0. The number of likely N-dealkylation sites (N-methyl/N-ethyl adjacent to an activating group) is 1. The van der Waals surface area contributed by atoms with Crippen molar-refractivity contribution in [2.45, 2.75) is 32.7 Å². The van der Waals surface area contributed by atoms with Crippen molar-refractivity contribution in [2.75, 3.05) is 46.3 Å². The van der Waals surface area contributed by atoms with E-state index in [-0.39, 0.29) is 0 Å². The quantitative estimate of drug-likeness (QED) is 0.710. The Morgan fingerprint density at radius 3 is 2.27 bits per heavy atom. The molecule has 1 aliphatic rings. The van der Waals surface area contributed by atoms with Crippen LogP contribution >= 0.6 is 0 Å². The van der Waals surface area contributed by atoms with Crippen molar-refractivity contribution in [1.29, 1.82) is 0 Å². The monoisotopic (exact) mass is 213 g/mol. The zero-order chi connectivity index (χ0) is 11.1. The highest BCUT2D eigenvalue weighted by Gasteiger charge is 2.14. The van der Waals surface area contributed by atoms with Crippen molar-refractivity contribution in [3.63, 3.8) is 0 Å². The Morgan fingerprint density at radius 1 is 1.13 bits per heavy atom. The fourth-order valence-electron chi connectivity index (χ4n) is 2.09. The standard InChI is InChI=1S/C12H27N3/c1-4-14-8-10-15(11-9-14)7-5-6-12(2)13-3/h12-13H,4-11H2,1-3H3. The lowest BCUT2D eigenvalue weighted by Gasteiger charge is -2.34. The number of nitrogens with zero attached hydrogens (tertiary/aromatic N) is 2. The van der Waals surface area contributed by atoms with Gasteiger partial charge in [-0.15, -0.1) is 0 Å². The van der Waals surface area contributed by atoms with Gasteiger partial charge in [-0.3, -0.25) is 0 Å². The minimum absolute atomic E-state index is 0.668. The van der Waals surface area contributed by atoms with Gasteiger partial charge in [0.2, 0.25) is 0 Å².